The van der Waals surface area contributed by atoms with Gasteiger partial charge in [-0.25, -0.2) is 4.99 Å². The van der Waals surface area contributed by atoms with Crippen LogP contribution in [0.5, 0.6) is 5.75 Å². The van der Waals surface area contributed by atoms with Gasteiger partial charge in [0.2, 0.25) is 5.96 Å². The number of nitrogens with zero attached hydrogens (tertiary/aromatic N) is 2. The Balaban J connectivity index is 1.80. The summed E-state index contributed by atoms with van der Waals surface area (Å²) in [5.74, 6) is 0.377. The van der Waals surface area contributed by atoms with Crippen LogP contribution in [0.25, 0.3) is 0 Å². The average molecular weight is 298 g/mol. The predicted molar refractivity (Wildman–Crippen MR) is 84.7 cm³/mol. The number of rotatable bonds is 4. The number of benzene rings is 1. The number of nitrogen functional groups attached to an aromatic ring is 1. The fourth-order valence-electron chi connectivity index (χ4n) is 2.20. The Labute approximate surface area is 126 Å². The third kappa shape index (κ3) is 2.41. The van der Waals surface area contributed by atoms with Gasteiger partial charge in [-0.05, 0) is 12.1 Å². The standard InChI is InChI=1S/C14H14N6O2/c1-22-8-2-3-10(9(15)4-8)17-5-7-6-18-12-11(7)13(21)20-14(16)19-12/h2-4,6,17H,5,15H2,1H3,(H2,16,20,21). The predicted octanol–water partition coefficient (Wildman–Crippen LogP) is 0.533. The molecule has 1 amide bonds. The number of carbonyl (C=O) groups excluding carboxylic acids is 1. The topological polar surface area (TPSA) is 125 Å². The number of amidine groups is 1. The highest BCUT2D eigenvalue weighted by Gasteiger charge is 2.29. The number of methoxy groups -OCH3 is 1. The monoisotopic (exact) mass is 298 g/mol. The second kappa shape index (κ2) is 5.32. The highest BCUT2D eigenvalue weighted by molar-refractivity contribution is 6.35. The lowest BCUT2D eigenvalue weighted by atomic mass is 10.1. The zero-order valence-electron chi connectivity index (χ0n) is 11.8. The van der Waals surface area contributed by atoms with Gasteiger partial charge in [-0.2, -0.15) is 4.99 Å². The van der Waals surface area contributed by atoms with Gasteiger partial charge in [0.1, 0.15) is 5.75 Å². The summed E-state index contributed by atoms with van der Waals surface area (Å²) >= 11 is 0. The Morgan fingerprint density at radius 2 is 2.27 bits per heavy atom. The van der Waals surface area contributed by atoms with E-state index in [1.807, 2.05) is 0 Å². The van der Waals surface area contributed by atoms with Crippen molar-refractivity contribution in [3.63, 3.8) is 0 Å². The van der Waals surface area contributed by atoms with Gasteiger partial charge in [-0.3, -0.25) is 15.5 Å². The molecule has 0 bridgehead atoms. The average Bonchev–Trinajstić information content (AvgIpc) is 2.89. The van der Waals surface area contributed by atoms with Crippen LogP contribution < -0.4 is 21.1 Å². The summed E-state index contributed by atoms with van der Waals surface area (Å²) in [6, 6.07) is 5.31. The Hall–Kier alpha value is -3.16. The molecule has 0 saturated heterocycles. The molecule has 5 N–H and O–H groups in total. The van der Waals surface area contributed by atoms with Gasteiger partial charge in [-0.15, -0.1) is 0 Å². The molecule has 0 atom stereocenters. The molecule has 0 aliphatic carbocycles. The van der Waals surface area contributed by atoms with Gasteiger partial charge in [0.05, 0.1) is 24.1 Å². The number of amides is 1. The minimum absolute atomic E-state index is 0.200. The van der Waals surface area contributed by atoms with Crippen LogP contribution in [0.15, 0.2) is 39.3 Å². The van der Waals surface area contributed by atoms with E-state index >= 15 is 0 Å². The van der Waals surface area contributed by atoms with Crippen molar-refractivity contribution in [1.29, 1.82) is 5.41 Å². The van der Waals surface area contributed by atoms with Crippen molar-refractivity contribution in [2.75, 3.05) is 24.7 Å². The normalized spacial score (nSPS) is 16.3. The molecule has 2 heterocycles. The number of nitrogens with one attached hydrogen (secondary N) is 3. The van der Waals surface area contributed by atoms with E-state index in [1.54, 1.807) is 31.5 Å². The number of ether oxygens (including phenoxy) is 1. The smallest absolute Gasteiger partial charge is 0.262 e. The van der Waals surface area contributed by atoms with Crippen LogP contribution in [0.1, 0.15) is 0 Å². The number of hydrogen-bond acceptors (Lipinski definition) is 6. The molecule has 1 aromatic rings. The minimum atomic E-state index is -0.369. The van der Waals surface area contributed by atoms with E-state index in [4.69, 9.17) is 15.9 Å². The van der Waals surface area contributed by atoms with Crippen molar-refractivity contribution < 1.29 is 9.53 Å². The van der Waals surface area contributed by atoms with E-state index in [2.05, 4.69) is 20.6 Å². The maximum Gasteiger partial charge on any atom is 0.262 e. The largest absolute Gasteiger partial charge is 0.497 e. The van der Waals surface area contributed by atoms with Crippen LogP contribution in [0.3, 0.4) is 0 Å². The Kier molecular flexibility index (Phi) is 3.34. The van der Waals surface area contributed by atoms with Crippen molar-refractivity contribution in [3.8, 4) is 5.75 Å². The first kappa shape index (κ1) is 13.8. The zero-order valence-corrected chi connectivity index (χ0v) is 11.8. The molecule has 0 fully saturated rings. The van der Waals surface area contributed by atoms with Gasteiger partial charge in [-0.1, -0.05) is 0 Å². The summed E-state index contributed by atoms with van der Waals surface area (Å²) in [6.45, 7) is 0.370. The Morgan fingerprint density at radius 1 is 1.45 bits per heavy atom. The van der Waals surface area contributed by atoms with E-state index < -0.39 is 0 Å². The second-order valence-corrected chi connectivity index (χ2v) is 4.70. The van der Waals surface area contributed by atoms with Gasteiger partial charge in [0.25, 0.3) is 5.91 Å². The summed E-state index contributed by atoms with van der Waals surface area (Å²) in [5, 5.41) is 12.9. The van der Waals surface area contributed by atoms with Crippen molar-refractivity contribution >= 4 is 35.3 Å². The molecule has 0 radical (unpaired) electrons. The van der Waals surface area contributed by atoms with Crippen LogP contribution in [0, 0.1) is 5.41 Å². The number of fused-ring (bicyclic) bond motifs is 1. The molecule has 22 heavy (non-hydrogen) atoms. The summed E-state index contributed by atoms with van der Waals surface area (Å²) < 4.78 is 5.10. The molecule has 8 heteroatoms. The minimum Gasteiger partial charge on any atom is -0.497 e. The van der Waals surface area contributed by atoms with Crippen molar-refractivity contribution in [1.82, 2.24) is 5.32 Å². The molecule has 112 valence electrons. The van der Waals surface area contributed by atoms with Gasteiger partial charge in [0.15, 0.2) is 5.84 Å². The quantitative estimate of drug-likeness (QED) is 0.605. The maximum absolute atomic E-state index is 11.9. The number of carbonyl (C=O) groups is 1. The molecular weight excluding hydrogens is 284 g/mol. The molecule has 2 aliphatic rings. The molecule has 3 rings (SSSR count). The lowest BCUT2D eigenvalue weighted by molar-refractivity contribution is -0.115. The third-order valence-corrected chi connectivity index (χ3v) is 3.29. The van der Waals surface area contributed by atoms with E-state index in [-0.39, 0.29) is 17.7 Å². The number of anilines is 2. The molecular formula is C14H14N6O2. The number of nitrogens with two attached hydrogens (primary N) is 1. The molecule has 0 saturated carbocycles. The van der Waals surface area contributed by atoms with E-state index in [0.717, 1.165) is 5.69 Å². The second-order valence-electron chi connectivity index (χ2n) is 4.70. The molecule has 0 unspecified atom stereocenters. The SMILES string of the molecule is COc1ccc(NCC2=C3C(=O)NC(=N)N=C3N=C2)c(N)c1. The van der Waals surface area contributed by atoms with E-state index in [9.17, 15) is 4.79 Å². The Morgan fingerprint density at radius 3 is 3.00 bits per heavy atom. The van der Waals surface area contributed by atoms with Crippen molar-refractivity contribution in [3.05, 3.63) is 29.3 Å². The molecule has 8 nitrogen and oxygen atoms in total. The first-order valence-corrected chi connectivity index (χ1v) is 6.52. The summed E-state index contributed by atoms with van der Waals surface area (Å²) in [6.07, 6.45) is 1.57. The highest BCUT2D eigenvalue weighted by atomic mass is 16.5. The van der Waals surface area contributed by atoms with Crippen molar-refractivity contribution in [2.45, 2.75) is 0 Å². The van der Waals surface area contributed by atoms with Crippen LogP contribution in [0.4, 0.5) is 11.4 Å². The van der Waals surface area contributed by atoms with Crippen LogP contribution in [-0.4, -0.2) is 37.6 Å². The zero-order chi connectivity index (χ0) is 15.7. The third-order valence-electron chi connectivity index (χ3n) is 3.29. The lowest BCUT2D eigenvalue weighted by Crippen LogP contribution is -2.37. The van der Waals surface area contributed by atoms with Crippen LogP contribution in [-0.2, 0) is 4.79 Å². The molecule has 0 spiro atoms. The molecule has 0 aromatic heterocycles. The highest BCUT2D eigenvalue weighted by Crippen LogP contribution is 2.25. The first-order chi connectivity index (χ1) is 10.6. The number of aliphatic imine (C=N–C) groups is 2. The van der Waals surface area contributed by atoms with Gasteiger partial charge >= 0.3 is 0 Å². The van der Waals surface area contributed by atoms with E-state index in [0.29, 0.717) is 29.1 Å². The maximum atomic E-state index is 11.9. The van der Waals surface area contributed by atoms with E-state index in [1.165, 1.54) is 0 Å². The fourth-order valence-corrected chi connectivity index (χ4v) is 2.20. The fraction of sp³-hybridized carbons (Fsp3) is 0.143. The molecule has 1 aromatic carbocycles. The van der Waals surface area contributed by atoms with Gasteiger partial charge in [0, 0.05) is 24.4 Å². The number of hydrogen-bond donors (Lipinski definition) is 4. The van der Waals surface area contributed by atoms with Crippen molar-refractivity contribution in [2.24, 2.45) is 9.98 Å². The van der Waals surface area contributed by atoms with Crippen LogP contribution >= 0.6 is 0 Å². The lowest BCUT2D eigenvalue weighted by Gasteiger charge is -2.14. The summed E-state index contributed by atoms with van der Waals surface area (Å²) in [7, 11) is 1.57. The van der Waals surface area contributed by atoms with Gasteiger partial charge < -0.3 is 15.8 Å². The summed E-state index contributed by atoms with van der Waals surface area (Å²) in [4.78, 5) is 19.9. The van der Waals surface area contributed by atoms with Crippen LogP contribution in [0.2, 0.25) is 0 Å². The Bertz CT molecular complexity index is 763. The molecule has 2 aliphatic heterocycles. The number of guanidine groups is 1. The summed E-state index contributed by atoms with van der Waals surface area (Å²) in [5.41, 5.74) is 8.29. The first-order valence-electron chi connectivity index (χ1n) is 6.52.